The highest BCUT2D eigenvalue weighted by Gasteiger charge is 2.08. The first-order valence-corrected chi connectivity index (χ1v) is 4.04. The van der Waals surface area contributed by atoms with Crippen LogP contribution in [-0.2, 0) is 16.0 Å². The molecule has 1 heterocycles. The molecule has 5 nitrogen and oxygen atoms in total. The van der Waals surface area contributed by atoms with E-state index in [9.17, 15) is 4.79 Å². The summed E-state index contributed by atoms with van der Waals surface area (Å²) >= 11 is 0. The minimum absolute atomic E-state index is 0.152. The van der Waals surface area contributed by atoms with Gasteiger partial charge in [-0.25, -0.2) is 0 Å². The molecule has 0 atom stereocenters. The second-order valence-electron chi connectivity index (χ2n) is 2.38. The summed E-state index contributed by atoms with van der Waals surface area (Å²) < 4.78 is 9.71. The number of nitrogens with one attached hydrogen (secondary N) is 1. The maximum Gasteiger partial charge on any atom is 0.311 e. The van der Waals surface area contributed by atoms with Gasteiger partial charge in [-0.3, -0.25) is 4.79 Å². The van der Waals surface area contributed by atoms with Crippen LogP contribution in [0.15, 0.2) is 10.7 Å². The number of hydrogen-bond acceptors (Lipinski definition) is 5. The molecule has 13 heavy (non-hydrogen) atoms. The molecule has 0 amide bonds. The Labute approximate surface area is 76.1 Å². The van der Waals surface area contributed by atoms with Crippen molar-refractivity contribution in [2.24, 2.45) is 0 Å². The van der Waals surface area contributed by atoms with Crippen LogP contribution in [0.5, 0.6) is 0 Å². The first-order valence-electron chi connectivity index (χ1n) is 4.04. The molecular formula is C8H12N2O3. The van der Waals surface area contributed by atoms with Crippen molar-refractivity contribution in [2.75, 3.05) is 19.0 Å². The van der Waals surface area contributed by atoms with E-state index in [4.69, 9.17) is 9.15 Å². The Bertz CT molecular complexity index is 283. The summed E-state index contributed by atoms with van der Waals surface area (Å²) in [5.74, 6) is -0.293. The molecule has 0 saturated carbocycles. The van der Waals surface area contributed by atoms with Gasteiger partial charge in [0.15, 0.2) is 0 Å². The lowest BCUT2D eigenvalue weighted by molar-refractivity contribution is -0.142. The molecule has 1 rings (SSSR count). The molecule has 0 aliphatic rings. The normalized spacial score (nSPS) is 9.69. The number of esters is 1. The number of carbonyl (C=O) groups excluding carboxylic acids is 1. The van der Waals surface area contributed by atoms with Gasteiger partial charge in [-0.05, 0) is 6.92 Å². The number of hydrogen-bond donors (Lipinski definition) is 1. The Morgan fingerprint density at radius 3 is 3.08 bits per heavy atom. The molecular weight excluding hydrogens is 172 g/mol. The average Bonchev–Trinajstić information content (AvgIpc) is 2.52. The standard InChI is InChI=1S/C8H12N2O3/c1-3-12-7(11)4-6-5-13-8(9-2)10-6/h5H,3-4H2,1-2H3,(H,9,10). The van der Waals surface area contributed by atoms with Crippen LogP contribution in [0.1, 0.15) is 12.6 Å². The van der Waals surface area contributed by atoms with Crippen LogP contribution in [0.4, 0.5) is 6.01 Å². The van der Waals surface area contributed by atoms with Crippen LogP contribution in [0.2, 0.25) is 0 Å². The minimum Gasteiger partial charge on any atom is -0.466 e. The Kier molecular flexibility index (Phi) is 3.31. The van der Waals surface area contributed by atoms with Gasteiger partial charge in [0.2, 0.25) is 0 Å². The van der Waals surface area contributed by atoms with E-state index in [2.05, 4.69) is 10.3 Å². The monoisotopic (exact) mass is 184 g/mol. The van der Waals surface area contributed by atoms with Gasteiger partial charge in [0, 0.05) is 7.05 Å². The first-order chi connectivity index (χ1) is 6.26. The summed E-state index contributed by atoms with van der Waals surface area (Å²) in [5.41, 5.74) is 0.572. The second kappa shape index (κ2) is 4.49. The van der Waals surface area contributed by atoms with E-state index in [1.54, 1.807) is 14.0 Å². The molecule has 0 fully saturated rings. The first kappa shape index (κ1) is 9.57. The summed E-state index contributed by atoms with van der Waals surface area (Å²) in [5, 5.41) is 2.72. The Balaban J connectivity index is 2.49. The summed E-state index contributed by atoms with van der Waals surface area (Å²) in [6.07, 6.45) is 1.59. The van der Waals surface area contributed by atoms with Crippen molar-refractivity contribution in [3.8, 4) is 0 Å². The van der Waals surface area contributed by atoms with Crippen molar-refractivity contribution in [1.29, 1.82) is 0 Å². The van der Waals surface area contributed by atoms with Gasteiger partial charge >= 0.3 is 5.97 Å². The maximum atomic E-state index is 11.0. The molecule has 0 aromatic carbocycles. The topological polar surface area (TPSA) is 64.4 Å². The van der Waals surface area contributed by atoms with Gasteiger partial charge in [-0.2, -0.15) is 4.98 Å². The van der Waals surface area contributed by atoms with E-state index in [0.717, 1.165) is 0 Å². The predicted octanol–water partition coefficient (Wildman–Crippen LogP) is 0.822. The van der Waals surface area contributed by atoms with Crippen LogP contribution in [0.3, 0.4) is 0 Å². The van der Waals surface area contributed by atoms with Gasteiger partial charge < -0.3 is 14.5 Å². The molecule has 1 aromatic rings. The van der Waals surface area contributed by atoms with E-state index in [1.165, 1.54) is 6.26 Å². The largest absolute Gasteiger partial charge is 0.466 e. The zero-order valence-electron chi connectivity index (χ0n) is 7.66. The maximum absolute atomic E-state index is 11.0. The molecule has 0 aliphatic carbocycles. The summed E-state index contributed by atoms with van der Waals surface area (Å²) in [6, 6.07) is 0.402. The highest BCUT2D eigenvalue weighted by Crippen LogP contribution is 2.07. The number of nitrogens with zero attached hydrogens (tertiary/aromatic N) is 1. The van der Waals surface area contributed by atoms with Gasteiger partial charge in [0.25, 0.3) is 6.01 Å². The average molecular weight is 184 g/mol. The van der Waals surface area contributed by atoms with Crippen molar-refractivity contribution in [1.82, 2.24) is 4.98 Å². The third kappa shape index (κ3) is 2.77. The summed E-state index contributed by atoms with van der Waals surface area (Å²) in [7, 11) is 1.69. The Hall–Kier alpha value is -1.52. The summed E-state index contributed by atoms with van der Waals surface area (Å²) in [4.78, 5) is 15.0. The summed E-state index contributed by atoms with van der Waals surface area (Å²) in [6.45, 7) is 2.15. The highest BCUT2D eigenvalue weighted by molar-refractivity contribution is 5.71. The molecule has 1 N–H and O–H groups in total. The van der Waals surface area contributed by atoms with E-state index in [-0.39, 0.29) is 12.4 Å². The number of oxazole rings is 1. The second-order valence-corrected chi connectivity index (χ2v) is 2.38. The van der Waals surface area contributed by atoms with Crippen molar-refractivity contribution in [3.63, 3.8) is 0 Å². The smallest absolute Gasteiger partial charge is 0.311 e. The molecule has 0 unspecified atom stereocenters. The minimum atomic E-state index is -0.293. The molecule has 0 saturated heterocycles. The van der Waals surface area contributed by atoms with E-state index >= 15 is 0 Å². The fourth-order valence-corrected chi connectivity index (χ4v) is 0.863. The number of aromatic nitrogens is 1. The zero-order chi connectivity index (χ0) is 9.68. The predicted molar refractivity (Wildman–Crippen MR) is 46.4 cm³/mol. The molecule has 72 valence electrons. The lowest BCUT2D eigenvalue weighted by atomic mass is 10.3. The van der Waals surface area contributed by atoms with Crippen molar-refractivity contribution >= 4 is 12.0 Å². The van der Waals surface area contributed by atoms with Crippen LogP contribution >= 0.6 is 0 Å². The lowest BCUT2D eigenvalue weighted by Crippen LogP contribution is -2.07. The van der Waals surface area contributed by atoms with Crippen molar-refractivity contribution in [3.05, 3.63) is 12.0 Å². The third-order valence-electron chi connectivity index (χ3n) is 1.40. The van der Waals surface area contributed by atoms with Crippen LogP contribution < -0.4 is 5.32 Å². The number of anilines is 1. The molecule has 1 aromatic heterocycles. The molecule has 0 spiro atoms. The van der Waals surface area contributed by atoms with Gasteiger partial charge in [0.05, 0.1) is 18.7 Å². The number of carbonyl (C=O) groups is 1. The fourth-order valence-electron chi connectivity index (χ4n) is 0.863. The fraction of sp³-hybridized carbons (Fsp3) is 0.500. The molecule has 0 bridgehead atoms. The molecule has 0 aliphatic heterocycles. The van der Waals surface area contributed by atoms with E-state index in [1.807, 2.05) is 0 Å². The highest BCUT2D eigenvalue weighted by atomic mass is 16.5. The van der Waals surface area contributed by atoms with Crippen LogP contribution in [0, 0.1) is 0 Å². The molecule has 5 heteroatoms. The van der Waals surface area contributed by atoms with Gasteiger partial charge in [-0.15, -0.1) is 0 Å². The van der Waals surface area contributed by atoms with E-state index in [0.29, 0.717) is 18.3 Å². The lowest BCUT2D eigenvalue weighted by Gasteiger charge is -1.96. The zero-order valence-corrected chi connectivity index (χ0v) is 7.66. The van der Waals surface area contributed by atoms with Crippen LogP contribution in [0.25, 0.3) is 0 Å². The third-order valence-corrected chi connectivity index (χ3v) is 1.40. The van der Waals surface area contributed by atoms with Crippen LogP contribution in [-0.4, -0.2) is 24.6 Å². The number of ether oxygens (including phenoxy) is 1. The Morgan fingerprint density at radius 1 is 1.77 bits per heavy atom. The quantitative estimate of drug-likeness (QED) is 0.702. The molecule has 0 radical (unpaired) electrons. The SMILES string of the molecule is CCOC(=O)Cc1coc(NC)n1. The van der Waals surface area contributed by atoms with Gasteiger partial charge in [-0.1, -0.05) is 0 Å². The van der Waals surface area contributed by atoms with Crippen molar-refractivity contribution < 1.29 is 13.9 Å². The van der Waals surface area contributed by atoms with Gasteiger partial charge in [0.1, 0.15) is 6.26 Å². The Morgan fingerprint density at radius 2 is 2.54 bits per heavy atom. The number of rotatable bonds is 4. The van der Waals surface area contributed by atoms with Crippen molar-refractivity contribution in [2.45, 2.75) is 13.3 Å². The van der Waals surface area contributed by atoms with E-state index < -0.39 is 0 Å².